The Morgan fingerprint density at radius 3 is 2.59 bits per heavy atom. The van der Waals surface area contributed by atoms with E-state index in [4.69, 9.17) is 4.74 Å². The monoisotopic (exact) mass is 497 g/mol. The highest BCUT2D eigenvalue weighted by atomic mass is 32.1. The highest BCUT2D eigenvalue weighted by Crippen LogP contribution is 2.33. The molecule has 9 heteroatoms. The Labute approximate surface area is 203 Å². The van der Waals surface area contributed by atoms with Crippen molar-refractivity contribution in [1.82, 2.24) is 8.86 Å². The fraction of sp³-hybridized carbons (Fsp3) is 0.600. The van der Waals surface area contributed by atoms with E-state index in [-0.39, 0.29) is 22.9 Å². The summed E-state index contributed by atoms with van der Waals surface area (Å²) < 4.78 is 48.7. The molecule has 0 N–H and O–H groups in total. The largest absolute Gasteiger partial charge is 0.491 e. The van der Waals surface area contributed by atoms with E-state index in [0.29, 0.717) is 11.3 Å². The van der Waals surface area contributed by atoms with E-state index in [2.05, 4.69) is 37.6 Å². The first-order valence-electron chi connectivity index (χ1n) is 11.8. The molecule has 1 saturated heterocycles. The molecule has 1 amide bonds. The van der Waals surface area contributed by atoms with Gasteiger partial charge in [0.1, 0.15) is 17.0 Å². The zero-order valence-electron chi connectivity index (χ0n) is 20.5. The molecule has 0 aliphatic carbocycles. The maximum atomic E-state index is 13.4. The minimum Gasteiger partial charge on any atom is -0.491 e. The summed E-state index contributed by atoms with van der Waals surface area (Å²) >= 11 is 1.35. The van der Waals surface area contributed by atoms with Crippen LogP contribution in [0.4, 0.5) is 13.2 Å². The number of likely N-dealkylation sites (N-methyl/N-ethyl adjacent to an activating group) is 1. The topological polar surface area (TPSA) is 46.8 Å². The van der Waals surface area contributed by atoms with Gasteiger partial charge in [0.25, 0.3) is 5.91 Å². The summed E-state index contributed by atoms with van der Waals surface area (Å²) in [7, 11) is 1.99. The number of amides is 1. The number of unbranched alkanes of at least 4 members (excludes halogenated alkanes) is 1. The Bertz CT molecular complexity index is 1070. The number of hydrogen-bond donors (Lipinski definition) is 0. The van der Waals surface area contributed by atoms with Gasteiger partial charge in [-0.2, -0.15) is 18.2 Å². The van der Waals surface area contributed by atoms with E-state index in [1.807, 2.05) is 17.2 Å². The zero-order chi connectivity index (χ0) is 25.1. The molecule has 0 bridgehead atoms. The third-order valence-electron chi connectivity index (χ3n) is 6.04. The van der Waals surface area contributed by atoms with Crippen molar-refractivity contribution in [2.24, 2.45) is 4.99 Å². The molecule has 188 valence electrons. The molecule has 1 aromatic carbocycles. The molecular weight excluding hydrogens is 463 g/mol. The van der Waals surface area contributed by atoms with E-state index in [1.165, 1.54) is 17.6 Å². The maximum absolute atomic E-state index is 13.4. The normalized spacial score (nSPS) is 18.0. The second-order valence-corrected chi connectivity index (χ2v) is 10.8. The van der Waals surface area contributed by atoms with Crippen LogP contribution in [0, 0.1) is 0 Å². The summed E-state index contributed by atoms with van der Waals surface area (Å²) in [6.07, 6.45) is 2.10. The highest BCUT2D eigenvalue weighted by Gasteiger charge is 2.32. The number of halogens is 3. The standard InChI is InChI=1S/C25H34F3N3O2S/c1-6-7-9-17-15-31(24(2,3)4)34-23(17)29-22(32)20-14-18(25(26,27)28)11-12-21(20)33-16-19-10-8-13-30(19)5/h11-12,14-15,19H,6-10,13,16H2,1-5H3/b29-23-/t19-/m0/s1. The maximum Gasteiger partial charge on any atom is 0.416 e. The highest BCUT2D eigenvalue weighted by molar-refractivity contribution is 7.04. The van der Waals surface area contributed by atoms with Crippen LogP contribution in [-0.2, 0) is 18.1 Å². The first kappa shape index (κ1) is 26.5. The summed E-state index contributed by atoms with van der Waals surface area (Å²) in [4.78, 5) is 19.7. The lowest BCUT2D eigenvalue weighted by Crippen LogP contribution is -2.30. The van der Waals surface area contributed by atoms with Gasteiger partial charge in [-0.3, -0.25) is 8.75 Å². The summed E-state index contributed by atoms with van der Waals surface area (Å²) in [5, 5.41) is 0. The Balaban J connectivity index is 2.00. The summed E-state index contributed by atoms with van der Waals surface area (Å²) in [5.41, 5.74) is -0.316. The van der Waals surface area contributed by atoms with Crippen molar-refractivity contribution in [3.63, 3.8) is 0 Å². The van der Waals surface area contributed by atoms with Crippen LogP contribution in [-0.4, -0.2) is 41.0 Å². The van der Waals surface area contributed by atoms with E-state index in [9.17, 15) is 18.0 Å². The summed E-state index contributed by atoms with van der Waals surface area (Å²) in [5.74, 6) is -0.584. The lowest BCUT2D eigenvalue weighted by Gasteiger charge is -2.20. The van der Waals surface area contributed by atoms with Crippen LogP contribution in [0.25, 0.3) is 0 Å². The summed E-state index contributed by atoms with van der Waals surface area (Å²) in [6.45, 7) is 9.51. The lowest BCUT2D eigenvalue weighted by atomic mass is 10.1. The first-order valence-corrected chi connectivity index (χ1v) is 12.5. The number of nitrogens with zero attached hydrogens (tertiary/aromatic N) is 3. The quantitative estimate of drug-likeness (QED) is 0.480. The molecule has 1 aliphatic heterocycles. The molecule has 2 heterocycles. The van der Waals surface area contributed by atoms with Gasteiger partial charge in [-0.1, -0.05) is 13.3 Å². The van der Waals surface area contributed by atoms with Crippen molar-refractivity contribution in [3.05, 3.63) is 45.8 Å². The Hall–Kier alpha value is -2.13. The van der Waals surface area contributed by atoms with Gasteiger partial charge in [0.15, 0.2) is 0 Å². The average molecular weight is 498 g/mol. The molecular formula is C25H34F3N3O2S. The van der Waals surface area contributed by atoms with Crippen molar-refractivity contribution < 1.29 is 22.7 Å². The van der Waals surface area contributed by atoms with Crippen LogP contribution in [0.1, 0.15) is 74.9 Å². The Morgan fingerprint density at radius 1 is 1.26 bits per heavy atom. The molecule has 0 radical (unpaired) electrons. The smallest absolute Gasteiger partial charge is 0.416 e. The van der Waals surface area contributed by atoms with Crippen molar-refractivity contribution in [3.8, 4) is 5.75 Å². The first-order chi connectivity index (χ1) is 15.9. The summed E-state index contributed by atoms with van der Waals surface area (Å²) in [6, 6.07) is 3.22. The second-order valence-electron chi connectivity index (χ2n) is 9.86. The number of rotatable bonds is 7. The second kappa shape index (κ2) is 10.6. The van der Waals surface area contributed by atoms with E-state index < -0.39 is 17.6 Å². The molecule has 0 unspecified atom stereocenters. The van der Waals surface area contributed by atoms with Crippen molar-refractivity contribution >= 4 is 17.4 Å². The molecule has 0 saturated carbocycles. The van der Waals surface area contributed by atoms with Gasteiger partial charge >= 0.3 is 6.18 Å². The number of carbonyl (C=O) groups is 1. The van der Waals surface area contributed by atoms with Gasteiger partial charge in [-0.25, -0.2) is 0 Å². The van der Waals surface area contributed by atoms with Gasteiger partial charge < -0.3 is 9.64 Å². The fourth-order valence-electron chi connectivity index (χ4n) is 3.86. The van der Waals surface area contributed by atoms with Gasteiger partial charge in [-0.05, 0) is 89.8 Å². The van der Waals surface area contributed by atoms with E-state index in [1.54, 1.807) is 0 Å². The van der Waals surface area contributed by atoms with Crippen LogP contribution >= 0.6 is 11.5 Å². The van der Waals surface area contributed by atoms with Crippen molar-refractivity contribution in [1.29, 1.82) is 0 Å². The molecule has 1 aromatic heterocycles. The zero-order valence-corrected chi connectivity index (χ0v) is 21.4. The van der Waals surface area contributed by atoms with Crippen LogP contribution in [0.5, 0.6) is 5.75 Å². The van der Waals surface area contributed by atoms with E-state index >= 15 is 0 Å². The number of aromatic nitrogens is 1. The van der Waals surface area contributed by atoms with E-state index in [0.717, 1.165) is 56.3 Å². The average Bonchev–Trinajstić information content (AvgIpc) is 3.35. The molecule has 0 spiro atoms. The number of hydrogen-bond acceptors (Lipinski definition) is 4. The van der Waals surface area contributed by atoms with Crippen LogP contribution in [0.2, 0.25) is 0 Å². The number of likely N-dealkylation sites (tertiary alicyclic amines) is 1. The molecule has 1 aliphatic rings. The number of aryl methyl sites for hydroxylation is 1. The third kappa shape index (κ3) is 6.50. The number of benzene rings is 1. The predicted molar refractivity (Wildman–Crippen MR) is 128 cm³/mol. The fourth-order valence-corrected chi connectivity index (χ4v) is 4.90. The minimum absolute atomic E-state index is 0.136. The SMILES string of the molecule is CCCCc1cn(C(C)(C)C)s/c1=N\C(=O)c1cc(C(F)(F)F)ccc1OC[C@@H]1CCCN1C. The van der Waals surface area contributed by atoms with Gasteiger partial charge in [-0.15, -0.1) is 0 Å². The van der Waals surface area contributed by atoms with Gasteiger partial charge in [0.2, 0.25) is 0 Å². The van der Waals surface area contributed by atoms with Crippen LogP contribution in [0.3, 0.4) is 0 Å². The molecule has 1 fully saturated rings. The molecule has 3 rings (SSSR count). The van der Waals surface area contributed by atoms with Gasteiger partial charge in [0, 0.05) is 23.3 Å². The predicted octanol–water partition coefficient (Wildman–Crippen LogP) is 5.88. The molecule has 34 heavy (non-hydrogen) atoms. The van der Waals surface area contributed by atoms with Crippen molar-refractivity contribution in [2.45, 2.75) is 77.6 Å². The third-order valence-corrected chi connectivity index (χ3v) is 7.41. The number of ether oxygens (including phenoxy) is 1. The molecule has 1 atom stereocenters. The molecule has 5 nitrogen and oxygen atoms in total. The van der Waals surface area contributed by atoms with Gasteiger partial charge in [0.05, 0.1) is 11.1 Å². The Kier molecular flexibility index (Phi) is 8.29. The van der Waals surface area contributed by atoms with Crippen molar-refractivity contribution in [2.75, 3.05) is 20.2 Å². The molecule has 2 aromatic rings. The number of alkyl halides is 3. The van der Waals surface area contributed by atoms with Crippen LogP contribution in [0.15, 0.2) is 29.4 Å². The number of carbonyl (C=O) groups excluding carboxylic acids is 1. The Morgan fingerprint density at radius 2 is 2.00 bits per heavy atom. The lowest BCUT2D eigenvalue weighted by molar-refractivity contribution is -0.137. The van der Waals surface area contributed by atoms with Crippen LogP contribution < -0.4 is 9.41 Å². The minimum atomic E-state index is -4.57.